The molecule has 18 heavy (non-hydrogen) atoms. The van der Waals surface area contributed by atoms with E-state index < -0.39 is 11.5 Å². The van der Waals surface area contributed by atoms with Gasteiger partial charge in [-0.1, -0.05) is 50.6 Å². The molecule has 0 saturated carbocycles. The van der Waals surface area contributed by atoms with Crippen LogP contribution in [0.25, 0.3) is 0 Å². The van der Waals surface area contributed by atoms with E-state index in [4.69, 9.17) is 27.9 Å². The summed E-state index contributed by atoms with van der Waals surface area (Å²) in [4.78, 5) is 12.1. The van der Waals surface area contributed by atoms with E-state index in [9.17, 15) is 4.79 Å². The zero-order chi connectivity index (χ0) is 13.8. The van der Waals surface area contributed by atoms with Crippen LogP contribution in [-0.4, -0.2) is 17.8 Å². The molecule has 1 aromatic carbocycles. The van der Waals surface area contributed by atoms with E-state index in [1.807, 2.05) is 39.0 Å². The van der Waals surface area contributed by atoms with Crippen LogP contribution in [0, 0.1) is 5.41 Å². The van der Waals surface area contributed by atoms with Gasteiger partial charge < -0.3 is 4.74 Å². The van der Waals surface area contributed by atoms with Crippen molar-refractivity contribution < 1.29 is 9.53 Å². The van der Waals surface area contributed by atoms with Gasteiger partial charge in [-0.3, -0.25) is 4.79 Å². The third kappa shape index (κ3) is 4.27. The van der Waals surface area contributed by atoms with Gasteiger partial charge in [-0.05, 0) is 11.6 Å². The summed E-state index contributed by atoms with van der Waals surface area (Å²) in [7, 11) is 0. The van der Waals surface area contributed by atoms with Crippen molar-refractivity contribution in [3.8, 4) is 0 Å². The number of Topliss-reactive ketones (excluding diaryl/α,β-unsaturated/α-hetero) is 1. The summed E-state index contributed by atoms with van der Waals surface area (Å²) in [5, 5.41) is 0.633. The van der Waals surface area contributed by atoms with Crippen LogP contribution in [0.2, 0.25) is 5.02 Å². The van der Waals surface area contributed by atoms with Gasteiger partial charge in [0, 0.05) is 10.4 Å². The molecule has 0 aliphatic heterocycles. The van der Waals surface area contributed by atoms with Gasteiger partial charge in [-0.25, -0.2) is 0 Å². The summed E-state index contributed by atoms with van der Waals surface area (Å²) < 4.78 is 5.58. The number of ketones is 1. The third-order valence-electron chi connectivity index (χ3n) is 2.57. The summed E-state index contributed by atoms with van der Waals surface area (Å²) in [6, 6.07) is 7.40. The minimum Gasteiger partial charge on any atom is -0.364 e. The van der Waals surface area contributed by atoms with Crippen molar-refractivity contribution in [1.82, 2.24) is 0 Å². The summed E-state index contributed by atoms with van der Waals surface area (Å²) in [6.45, 7) is 5.86. The van der Waals surface area contributed by atoms with E-state index in [-0.39, 0.29) is 11.7 Å². The second-order valence-corrected chi connectivity index (χ2v) is 5.88. The summed E-state index contributed by atoms with van der Waals surface area (Å²) in [5.74, 6) is 0.158. The van der Waals surface area contributed by atoms with Crippen molar-refractivity contribution in [2.24, 2.45) is 5.41 Å². The molecule has 1 rings (SSSR count). The van der Waals surface area contributed by atoms with Crippen LogP contribution in [0.4, 0.5) is 0 Å². The van der Waals surface area contributed by atoms with Crippen molar-refractivity contribution >= 4 is 29.0 Å². The minimum atomic E-state index is -0.595. The van der Waals surface area contributed by atoms with Gasteiger partial charge in [0.05, 0.1) is 12.5 Å². The lowest BCUT2D eigenvalue weighted by Gasteiger charge is -2.23. The van der Waals surface area contributed by atoms with Gasteiger partial charge in [-0.15, -0.1) is 11.6 Å². The fraction of sp³-hybridized carbons (Fsp3) is 0.500. The number of hydrogen-bond donors (Lipinski definition) is 0. The number of alkyl halides is 1. The molecule has 0 aliphatic rings. The third-order valence-corrected chi connectivity index (χ3v) is 3.22. The molecule has 1 unspecified atom stereocenters. The molecule has 100 valence electrons. The largest absolute Gasteiger partial charge is 0.364 e. The molecule has 0 bridgehead atoms. The van der Waals surface area contributed by atoms with Crippen LogP contribution in [0.3, 0.4) is 0 Å². The quantitative estimate of drug-likeness (QED) is 0.763. The highest BCUT2D eigenvalue weighted by molar-refractivity contribution is 6.31. The lowest BCUT2D eigenvalue weighted by molar-refractivity contribution is -0.137. The molecule has 0 aromatic heterocycles. The average Bonchev–Trinajstić information content (AvgIpc) is 2.30. The second-order valence-electron chi connectivity index (χ2n) is 5.16. The van der Waals surface area contributed by atoms with Gasteiger partial charge >= 0.3 is 0 Å². The highest BCUT2D eigenvalue weighted by Gasteiger charge is 2.29. The Morgan fingerprint density at radius 2 is 1.94 bits per heavy atom. The number of benzene rings is 1. The Balaban J connectivity index is 2.66. The topological polar surface area (TPSA) is 26.3 Å². The first-order valence-corrected chi connectivity index (χ1v) is 6.73. The average molecular weight is 289 g/mol. The monoisotopic (exact) mass is 288 g/mol. The molecule has 0 amide bonds. The number of carbonyl (C=O) groups excluding carboxylic acids is 1. The van der Waals surface area contributed by atoms with E-state index in [0.29, 0.717) is 11.6 Å². The molecule has 0 N–H and O–H groups in total. The Kier molecular flexibility index (Phi) is 5.64. The summed E-state index contributed by atoms with van der Waals surface area (Å²) >= 11 is 11.8. The van der Waals surface area contributed by atoms with Crippen LogP contribution >= 0.6 is 23.2 Å². The molecule has 0 aliphatic carbocycles. The van der Waals surface area contributed by atoms with E-state index in [0.717, 1.165) is 5.56 Å². The van der Waals surface area contributed by atoms with E-state index in [1.165, 1.54) is 0 Å². The number of halogens is 2. The second kappa shape index (κ2) is 6.55. The molecule has 1 aromatic rings. The number of hydrogen-bond acceptors (Lipinski definition) is 2. The van der Waals surface area contributed by atoms with Crippen molar-refractivity contribution in [2.45, 2.75) is 33.5 Å². The predicted octanol–water partition coefficient (Wildman–Crippen LogP) is 4.08. The molecular formula is C14H18Cl2O2. The Morgan fingerprint density at radius 1 is 1.33 bits per heavy atom. The highest BCUT2D eigenvalue weighted by atomic mass is 35.5. The SMILES string of the molecule is CC(C)(C)C(=O)C(CCl)OCc1ccccc1Cl. The maximum Gasteiger partial charge on any atom is 0.168 e. The first-order chi connectivity index (χ1) is 8.36. The molecule has 0 heterocycles. The fourth-order valence-corrected chi connectivity index (χ4v) is 1.90. The number of rotatable bonds is 5. The van der Waals surface area contributed by atoms with Crippen molar-refractivity contribution in [1.29, 1.82) is 0 Å². The first-order valence-electron chi connectivity index (χ1n) is 5.81. The number of ether oxygens (including phenoxy) is 1. The fourth-order valence-electron chi connectivity index (χ4n) is 1.48. The number of carbonyl (C=O) groups is 1. The van der Waals surface area contributed by atoms with E-state index in [2.05, 4.69) is 0 Å². The first kappa shape index (κ1) is 15.5. The molecule has 0 spiro atoms. The smallest absolute Gasteiger partial charge is 0.168 e. The Hall–Kier alpha value is -0.570. The van der Waals surface area contributed by atoms with Gasteiger partial charge in [0.15, 0.2) is 5.78 Å². The molecule has 2 nitrogen and oxygen atoms in total. The molecule has 0 radical (unpaired) electrons. The van der Waals surface area contributed by atoms with Crippen molar-refractivity contribution in [3.63, 3.8) is 0 Å². The van der Waals surface area contributed by atoms with Crippen molar-refractivity contribution in [3.05, 3.63) is 34.9 Å². The molecule has 0 fully saturated rings. The van der Waals surface area contributed by atoms with Crippen molar-refractivity contribution in [2.75, 3.05) is 5.88 Å². The van der Waals surface area contributed by atoms with Gasteiger partial charge in [-0.2, -0.15) is 0 Å². The molecule has 0 saturated heterocycles. The zero-order valence-corrected chi connectivity index (χ0v) is 12.4. The van der Waals surface area contributed by atoms with Gasteiger partial charge in [0.25, 0.3) is 0 Å². The Bertz CT molecular complexity index is 411. The highest BCUT2D eigenvalue weighted by Crippen LogP contribution is 2.21. The maximum atomic E-state index is 12.1. The Morgan fingerprint density at radius 3 is 2.44 bits per heavy atom. The normalized spacial score (nSPS) is 13.4. The summed E-state index contributed by atoms with van der Waals surface area (Å²) in [5.41, 5.74) is 0.399. The predicted molar refractivity (Wildman–Crippen MR) is 75.2 cm³/mol. The molecule has 1 atom stereocenters. The van der Waals surface area contributed by atoms with Gasteiger partial charge in [0.1, 0.15) is 6.10 Å². The zero-order valence-electron chi connectivity index (χ0n) is 10.9. The van der Waals surface area contributed by atoms with Crippen LogP contribution in [0.1, 0.15) is 26.3 Å². The standard InChI is InChI=1S/C14H18Cl2O2/c1-14(2,3)13(17)12(8-15)18-9-10-6-4-5-7-11(10)16/h4-7,12H,8-9H2,1-3H3. The van der Waals surface area contributed by atoms with E-state index >= 15 is 0 Å². The van der Waals surface area contributed by atoms with Crippen LogP contribution in [0.15, 0.2) is 24.3 Å². The molecule has 4 heteroatoms. The minimum absolute atomic E-state index is 0.00422. The van der Waals surface area contributed by atoms with Gasteiger partial charge in [0.2, 0.25) is 0 Å². The Labute approximate surface area is 118 Å². The van der Waals surface area contributed by atoms with Crippen LogP contribution in [0.5, 0.6) is 0 Å². The lowest BCUT2D eigenvalue weighted by atomic mass is 9.88. The lowest BCUT2D eigenvalue weighted by Crippen LogP contribution is -2.35. The maximum absolute atomic E-state index is 12.1. The van der Waals surface area contributed by atoms with Crippen LogP contribution < -0.4 is 0 Å². The van der Waals surface area contributed by atoms with E-state index in [1.54, 1.807) is 6.07 Å². The van der Waals surface area contributed by atoms with Crippen LogP contribution in [-0.2, 0) is 16.1 Å². The molecular weight excluding hydrogens is 271 g/mol. The summed E-state index contributed by atoms with van der Waals surface area (Å²) in [6.07, 6.45) is -0.595.